The predicted molar refractivity (Wildman–Crippen MR) is 84.2 cm³/mol. The number of benzene rings is 2. The van der Waals surface area contributed by atoms with Crippen LogP contribution in [0.2, 0.25) is 5.02 Å². The first-order valence-electron chi connectivity index (χ1n) is 6.50. The van der Waals surface area contributed by atoms with Crippen LogP contribution in [0.25, 0.3) is 0 Å². The Hall–Kier alpha value is -2.04. The number of carbonyl (C=O) groups is 1. The van der Waals surface area contributed by atoms with Crippen LogP contribution < -0.4 is 11.1 Å². The summed E-state index contributed by atoms with van der Waals surface area (Å²) in [5.41, 5.74) is 8.65. The molecule has 2 rings (SSSR count). The number of halogens is 1. The summed E-state index contributed by atoms with van der Waals surface area (Å²) in [6.07, 6.45) is 0. The molecular weight excluding hydrogens is 288 g/mol. The van der Waals surface area contributed by atoms with Crippen molar-refractivity contribution in [1.29, 1.82) is 0 Å². The SMILES string of the molecule is COCc1cccc(CNC(=O)c2ccc(N)c(Cl)c2)c1. The smallest absolute Gasteiger partial charge is 0.251 e. The van der Waals surface area contributed by atoms with Crippen molar-refractivity contribution in [1.82, 2.24) is 5.32 Å². The number of ether oxygens (including phenoxy) is 1. The fourth-order valence-electron chi connectivity index (χ4n) is 1.95. The normalized spacial score (nSPS) is 10.4. The molecule has 0 radical (unpaired) electrons. The number of rotatable bonds is 5. The largest absolute Gasteiger partial charge is 0.398 e. The Morgan fingerprint density at radius 2 is 2.00 bits per heavy atom. The molecule has 3 N–H and O–H groups in total. The van der Waals surface area contributed by atoms with Gasteiger partial charge in [0.05, 0.1) is 17.3 Å². The third-order valence-electron chi connectivity index (χ3n) is 3.02. The van der Waals surface area contributed by atoms with Gasteiger partial charge >= 0.3 is 0 Å². The van der Waals surface area contributed by atoms with E-state index < -0.39 is 0 Å². The Bertz CT molecular complexity index is 644. The van der Waals surface area contributed by atoms with E-state index in [4.69, 9.17) is 22.1 Å². The first-order valence-corrected chi connectivity index (χ1v) is 6.88. The minimum Gasteiger partial charge on any atom is -0.398 e. The molecule has 4 nitrogen and oxygen atoms in total. The molecule has 0 saturated carbocycles. The summed E-state index contributed by atoms with van der Waals surface area (Å²) in [6, 6.07) is 12.7. The molecule has 1 amide bonds. The van der Waals surface area contributed by atoms with Gasteiger partial charge in [-0.3, -0.25) is 4.79 Å². The lowest BCUT2D eigenvalue weighted by Gasteiger charge is -2.08. The van der Waals surface area contributed by atoms with Crippen LogP contribution in [-0.2, 0) is 17.9 Å². The minimum absolute atomic E-state index is 0.186. The second-order valence-electron chi connectivity index (χ2n) is 4.67. The maximum Gasteiger partial charge on any atom is 0.251 e. The molecule has 0 bridgehead atoms. The third kappa shape index (κ3) is 4.21. The van der Waals surface area contributed by atoms with Gasteiger partial charge in [-0.25, -0.2) is 0 Å². The van der Waals surface area contributed by atoms with Crippen molar-refractivity contribution in [2.24, 2.45) is 0 Å². The van der Waals surface area contributed by atoms with E-state index in [9.17, 15) is 4.79 Å². The van der Waals surface area contributed by atoms with E-state index in [0.29, 0.717) is 29.4 Å². The highest BCUT2D eigenvalue weighted by Gasteiger charge is 2.07. The highest BCUT2D eigenvalue weighted by Crippen LogP contribution is 2.19. The van der Waals surface area contributed by atoms with Crippen molar-refractivity contribution in [3.63, 3.8) is 0 Å². The molecule has 0 aliphatic rings. The van der Waals surface area contributed by atoms with Crippen LogP contribution >= 0.6 is 11.6 Å². The number of hydrogen-bond donors (Lipinski definition) is 2. The van der Waals surface area contributed by atoms with Gasteiger partial charge in [-0.2, -0.15) is 0 Å². The molecule has 2 aromatic rings. The zero-order valence-electron chi connectivity index (χ0n) is 11.7. The van der Waals surface area contributed by atoms with Gasteiger partial charge < -0.3 is 15.8 Å². The molecule has 0 heterocycles. The average molecular weight is 305 g/mol. The zero-order valence-corrected chi connectivity index (χ0v) is 12.5. The van der Waals surface area contributed by atoms with E-state index in [0.717, 1.165) is 11.1 Å². The van der Waals surface area contributed by atoms with E-state index in [1.165, 1.54) is 0 Å². The highest BCUT2D eigenvalue weighted by molar-refractivity contribution is 6.33. The lowest BCUT2D eigenvalue weighted by atomic mass is 10.1. The number of amides is 1. The number of nitrogens with one attached hydrogen (secondary N) is 1. The monoisotopic (exact) mass is 304 g/mol. The molecular formula is C16H17ClN2O2. The van der Waals surface area contributed by atoms with Gasteiger partial charge in [-0.15, -0.1) is 0 Å². The van der Waals surface area contributed by atoms with Crippen LogP contribution in [0.4, 0.5) is 5.69 Å². The molecule has 110 valence electrons. The fourth-order valence-corrected chi connectivity index (χ4v) is 2.13. The third-order valence-corrected chi connectivity index (χ3v) is 3.35. The second-order valence-corrected chi connectivity index (χ2v) is 5.08. The van der Waals surface area contributed by atoms with Gasteiger partial charge in [-0.05, 0) is 29.3 Å². The highest BCUT2D eigenvalue weighted by atomic mass is 35.5. The Morgan fingerprint density at radius 1 is 1.24 bits per heavy atom. The first kappa shape index (κ1) is 15.4. The minimum atomic E-state index is -0.186. The van der Waals surface area contributed by atoms with Crippen molar-refractivity contribution in [3.8, 4) is 0 Å². The van der Waals surface area contributed by atoms with Crippen LogP contribution in [0.3, 0.4) is 0 Å². The van der Waals surface area contributed by atoms with Crippen molar-refractivity contribution in [2.45, 2.75) is 13.2 Å². The van der Waals surface area contributed by atoms with Crippen LogP contribution in [0.1, 0.15) is 21.5 Å². The van der Waals surface area contributed by atoms with Gasteiger partial charge in [0.15, 0.2) is 0 Å². The lowest BCUT2D eigenvalue weighted by Crippen LogP contribution is -2.22. The first-order chi connectivity index (χ1) is 10.1. The van der Waals surface area contributed by atoms with E-state index >= 15 is 0 Å². The molecule has 0 unspecified atom stereocenters. The molecule has 0 spiro atoms. The van der Waals surface area contributed by atoms with Crippen LogP contribution in [0, 0.1) is 0 Å². The van der Waals surface area contributed by atoms with Gasteiger partial charge in [0.25, 0.3) is 5.91 Å². The summed E-state index contributed by atoms with van der Waals surface area (Å²) in [5, 5.41) is 3.23. The number of hydrogen-bond acceptors (Lipinski definition) is 3. The Balaban J connectivity index is 2.00. The van der Waals surface area contributed by atoms with Gasteiger partial charge in [0, 0.05) is 19.2 Å². The topological polar surface area (TPSA) is 64.3 Å². The molecule has 21 heavy (non-hydrogen) atoms. The molecule has 0 atom stereocenters. The lowest BCUT2D eigenvalue weighted by molar-refractivity contribution is 0.0951. The second kappa shape index (κ2) is 7.11. The molecule has 0 saturated heterocycles. The van der Waals surface area contributed by atoms with Gasteiger partial charge in [-0.1, -0.05) is 35.9 Å². The maximum absolute atomic E-state index is 12.1. The van der Waals surface area contributed by atoms with Crippen molar-refractivity contribution < 1.29 is 9.53 Å². The van der Waals surface area contributed by atoms with E-state index in [2.05, 4.69) is 5.32 Å². The van der Waals surface area contributed by atoms with Crippen molar-refractivity contribution in [2.75, 3.05) is 12.8 Å². The predicted octanol–water partition coefficient (Wildman–Crippen LogP) is 3.00. The van der Waals surface area contributed by atoms with Gasteiger partial charge in [0.2, 0.25) is 0 Å². The molecule has 0 aliphatic heterocycles. The Morgan fingerprint density at radius 3 is 2.71 bits per heavy atom. The average Bonchev–Trinajstić information content (AvgIpc) is 2.48. The van der Waals surface area contributed by atoms with Gasteiger partial charge in [0.1, 0.15) is 0 Å². The Kier molecular flexibility index (Phi) is 5.20. The van der Waals surface area contributed by atoms with E-state index in [1.807, 2.05) is 24.3 Å². The number of nitrogen functional groups attached to an aromatic ring is 1. The number of nitrogens with two attached hydrogens (primary N) is 1. The summed E-state index contributed by atoms with van der Waals surface area (Å²) >= 11 is 5.91. The summed E-state index contributed by atoms with van der Waals surface area (Å²) in [7, 11) is 1.65. The summed E-state index contributed by atoms with van der Waals surface area (Å²) in [4.78, 5) is 12.1. The summed E-state index contributed by atoms with van der Waals surface area (Å²) in [6.45, 7) is 0.994. The van der Waals surface area contributed by atoms with Crippen molar-refractivity contribution >= 4 is 23.2 Å². The molecule has 0 fully saturated rings. The van der Waals surface area contributed by atoms with Crippen molar-refractivity contribution in [3.05, 3.63) is 64.2 Å². The fraction of sp³-hybridized carbons (Fsp3) is 0.188. The van der Waals surface area contributed by atoms with Crippen LogP contribution in [0.5, 0.6) is 0 Å². The van der Waals surface area contributed by atoms with E-state index in [-0.39, 0.29) is 5.91 Å². The van der Waals surface area contributed by atoms with Crippen LogP contribution in [0.15, 0.2) is 42.5 Å². The quantitative estimate of drug-likeness (QED) is 0.835. The van der Waals surface area contributed by atoms with Crippen LogP contribution in [-0.4, -0.2) is 13.0 Å². The maximum atomic E-state index is 12.1. The standard InChI is InChI=1S/C16H17ClN2O2/c1-21-10-12-4-2-3-11(7-12)9-19-16(20)13-5-6-15(18)14(17)8-13/h2-8H,9-10,18H2,1H3,(H,19,20). The summed E-state index contributed by atoms with van der Waals surface area (Å²) < 4.78 is 5.09. The zero-order chi connectivity index (χ0) is 15.2. The summed E-state index contributed by atoms with van der Waals surface area (Å²) in [5.74, 6) is -0.186. The molecule has 0 aliphatic carbocycles. The molecule has 5 heteroatoms. The molecule has 0 aromatic heterocycles. The number of anilines is 1. The Labute approximate surface area is 128 Å². The van der Waals surface area contributed by atoms with E-state index in [1.54, 1.807) is 25.3 Å². The number of methoxy groups -OCH3 is 1. The number of carbonyl (C=O) groups excluding carboxylic acids is 1. The molecule has 2 aromatic carbocycles.